The van der Waals surface area contributed by atoms with Crippen molar-refractivity contribution in [2.75, 3.05) is 5.32 Å². The third kappa shape index (κ3) is 1.42. The van der Waals surface area contributed by atoms with Crippen molar-refractivity contribution >= 4 is 34.8 Å². The molecule has 4 nitrogen and oxygen atoms in total. The number of benzene rings is 1. The molecule has 0 saturated carbocycles. The van der Waals surface area contributed by atoms with Gasteiger partial charge in [0.1, 0.15) is 5.69 Å². The maximum Gasteiger partial charge on any atom is 0.336 e. The van der Waals surface area contributed by atoms with Crippen LogP contribution < -0.4 is 10.6 Å². The third-order valence-corrected chi connectivity index (χ3v) is 2.07. The summed E-state index contributed by atoms with van der Waals surface area (Å²) in [5.41, 5.74) is -0.662. The van der Waals surface area contributed by atoms with E-state index in [2.05, 4.69) is 5.32 Å². The van der Waals surface area contributed by atoms with Gasteiger partial charge in [0.2, 0.25) is 0 Å². The number of fused-ring (bicyclic) bond motifs is 1. The van der Waals surface area contributed by atoms with Crippen molar-refractivity contribution in [1.82, 2.24) is 5.32 Å². The molecule has 0 atom stereocenters. The van der Waals surface area contributed by atoms with Crippen LogP contribution in [0, 0.1) is 11.6 Å². The zero-order valence-corrected chi connectivity index (χ0v) is 7.73. The van der Waals surface area contributed by atoms with Crippen LogP contribution in [-0.2, 0) is 9.59 Å². The van der Waals surface area contributed by atoms with Gasteiger partial charge in [0, 0.05) is 0 Å². The van der Waals surface area contributed by atoms with E-state index in [0.29, 0.717) is 0 Å². The van der Waals surface area contributed by atoms with Gasteiger partial charge < -0.3 is 5.32 Å². The number of halogens is 3. The molecule has 1 heterocycles. The van der Waals surface area contributed by atoms with Crippen molar-refractivity contribution in [3.8, 4) is 0 Å². The first kappa shape index (κ1) is 9.85. The molecule has 1 aromatic carbocycles. The topological polar surface area (TPSA) is 60.3 Å². The fourth-order valence-corrected chi connectivity index (χ4v) is 1.31. The molecule has 0 aliphatic carbocycles. The molecule has 2 amide bonds. The Morgan fingerprint density at radius 2 is 1.93 bits per heavy atom. The number of nitrogens with zero attached hydrogens (tertiary/aromatic N) is 1. The summed E-state index contributed by atoms with van der Waals surface area (Å²) < 4.78 is 26.1. The highest BCUT2D eigenvalue weighted by Crippen LogP contribution is 2.34. The van der Waals surface area contributed by atoms with E-state index in [1.165, 1.54) is 0 Å². The molecule has 1 aliphatic rings. The lowest BCUT2D eigenvalue weighted by atomic mass is 10.2. The lowest BCUT2D eigenvalue weighted by molar-refractivity contribution is -0.135. The second kappa shape index (κ2) is 3.16. The molecule has 1 aliphatic heterocycles. The highest BCUT2D eigenvalue weighted by atomic mass is 35.5. The summed E-state index contributed by atoms with van der Waals surface area (Å²) in [6.07, 6.45) is 0. The van der Waals surface area contributed by atoms with Gasteiger partial charge in [0.05, 0.1) is 10.7 Å². The zero-order chi connectivity index (χ0) is 11.2. The van der Waals surface area contributed by atoms with Gasteiger partial charge in [-0.3, -0.25) is 9.59 Å². The van der Waals surface area contributed by atoms with Crippen LogP contribution in [0.5, 0.6) is 0 Å². The SMILES string of the molecule is O=C1[N]c2c(cc(Cl)c(F)c2F)NC1=O. The maximum absolute atomic E-state index is 13.2. The van der Waals surface area contributed by atoms with Crippen LogP contribution in [0.4, 0.5) is 20.2 Å². The standard InChI is InChI=1S/C8H2ClF2N2O2/c9-2-1-3-6(5(11)4(2)10)13-8(15)7(14)12-3/h1H,(H,12,14). The molecule has 77 valence electrons. The van der Waals surface area contributed by atoms with Gasteiger partial charge in [-0.25, -0.2) is 8.78 Å². The fourth-order valence-electron chi connectivity index (χ4n) is 1.12. The first-order chi connectivity index (χ1) is 7.00. The largest absolute Gasteiger partial charge is 0.336 e. The average Bonchev–Trinajstić information content (AvgIpc) is 2.19. The molecule has 0 unspecified atom stereocenters. The van der Waals surface area contributed by atoms with Crippen molar-refractivity contribution in [3.05, 3.63) is 22.7 Å². The number of amides is 2. The predicted molar refractivity (Wildman–Crippen MR) is 46.8 cm³/mol. The predicted octanol–water partition coefficient (Wildman–Crippen LogP) is 1.33. The maximum atomic E-state index is 13.2. The molecule has 1 aromatic rings. The molecular formula is C8H2ClF2N2O2. The molecule has 0 fully saturated rings. The Balaban J connectivity index is 2.63. The first-order valence-corrected chi connectivity index (χ1v) is 4.13. The molecule has 1 radical (unpaired) electrons. The summed E-state index contributed by atoms with van der Waals surface area (Å²) in [7, 11) is 0. The third-order valence-electron chi connectivity index (χ3n) is 1.79. The van der Waals surface area contributed by atoms with Gasteiger partial charge in [-0.2, -0.15) is 5.32 Å². The van der Waals surface area contributed by atoms with Gasteiger partial charge in [-0.05, 0) is 6.07 Å². The molecule has 1 N–H and O–H groups in total. The van der Waals surface area contributed by atoms with E-state index in [1.807, 2.05) is 5.32 Å². The van der Waals surface area contributed by atoms with Crippen molar-refractivity contribution in [2.45, 2.75) is 0 Å². The van der Waals surface area contributed by atoms with Crippen LogP contribution >= 0.6 is 11.6 Å². The fraction of sp³-hybridized carbons (Fsp3) is 0. The highest BCUT2D eigenvalue weighted by Gasteiger charge is 2.29. The van der Waals surface area contributed by atoms with Crippen LogP contribution in [0.2, 0.25) is 5.02 Å². The Morgan fingerprint density at radius 3 is 2.60 bits per heavy atom. The Kier molecular flexibility index (Phi) is 2.08. The molecule has 0 bridgehead atoms. The molecule has 2 rings (SSSR count). The van der Waals surface area contributed by atoms with E-state index < -0.39 is 34.2 Å². The van der Waals surface area contributed by atoms with Gasteiger partial charge in [-0.15, -0.1) is 0 Å². The van der Waals surface area contributed by atoms with E-state index in [-0.39, 0.29) is 5.69 Å². The van der Waals surface area contributed by atoms with Crippen molar-refractivity contribution in [3.63, 3.8) is 0 Å². The molecule has 0 aromatic heterocycles. The lowest BCUT2D eigenvalue weighted by Gasteiger charge is -2.16. The van der Waals surface area contributed by atoms with Crippen LogP contribution in [-0.4, -0.2) is 11.8 Å². The summed E-state index contributed by atoms with van der Waals surface area (Å²) >= 11 is 5.34. The highest BCUT2D eigenvalue weighted by molar-refractivity contribution is 6.42. The smallest absolute Gasteiger partial charge is 0.316 e. The number of rotatable bonds is 0. The van der Waals surface area contributed by atoms with Crippen LogP contribution in [0.3, 0.4) is 0 Å². The Hall–Kier alpha value is -1.69. The van der Waals surface area contributed by atoms with Gasteiger partial charge in [0.25, 0.3) is 0 Å². The van der Waals surface area contributed by atoms with Gasteiger partial charge >= 0.3 is 11.8 Å². The molecule has 0 saturated heterocycles. The van der Waals surface area contributed by atoms with Crippen molar-refractivity contribution in [1.29, 1.82) is 0 Å². The van der Waals surface area contributed by atoms with Gasteiger partial charge in [0.15, 0.2) is 11.6 Å². The van der Waals surface area contributed by atoms with Gasteiger partial charge in [-0.1, -0.05) is 11.6 Å². The number of anilines is 1. The Morgan fingerprint density at radius 1 is 1.27 bits per heavy atom. The quantitative estimate of drug-likeness (QED) is 0.541. The van der Waals surface area contributed by atoms with Crippen molar-refractivity contribution in [2.24, 2.45) is 0 Å². The normalized spacial score (nSPS) is 14.3. The number of hydrogen-bond donors (Lipinski definition) is 1. The number of hydrogen-bond acceptors (Lipinski definition) is 2. The zero-order valence-electron chi connectivity index (χ0n) is 6.97. The van der Waals surface area contributed by atoms with Crippen molar-refractivity contribution < 1.29 is 18.4 Å². The first-order valence-electron chi connectivity index (χ1n) is 3.75. The molecule has 0 spiro atoms. The second-order valence-electron chi connectivity index (χ2n) is 2.75. The minimum atomic E-state index is -1.36. The lowest BCUT2D eigenvalue weighted by Crippen LogP contribution is -2.34. The van der Waals surface area contributed by atoms with E-state index in [0.717, 1.165) is 6.07 Å². The Labute approximate surface area is 87.2 Å². The van der Waals surface area contributed by atoms with E-state index in [9.17, 15) is 18.4 Å². The molecular weight excluding hydrogens is 230 g/mol. The molecule has 7 heteroatoms. The van der Waals surface area contributed by atoms with Crippen LogP contribution in [0.15, 0.2) is 6.07 Å². The van der Waals surface area contributed by atoms with E-state index in [1.54, 1.807) is 0 Å². The number of carbonyl (C=O) groups excluding carboxylic acids is 2. The minimum absolute atomic E-state index is 0.122. The summed E-state index contributed by atoms with van der Waals surface area (Å²) in [5, 5.41) is 4.66. The minimum Gasteiger partial charge on any atom is -0.316 e. The summed E-state index contributed by atoms with van der Waals surface area (Å²) in [5.74, 6) is -4.85. The number of carbonyl (C=O) groups is 2. The van der Waals surface area contributed by atoms with E-state index in [4.69, 9.17) is 11.6 Å². The van der Waals surface area contributed by atoms with Crippen LogP contribution in [0.25, 0.3) is 0 Å². The monoisotopic (exact) mass is 231 g/mol. The van der Waals surface area contributed by atoms with Crippen LogP contribution in [0.1, 0.15) is 0 Å². The summed E-state index contributed by atoms with van der Waals surface area (Å²) in [6, 6.07) is 0.989. The average molecular weight is 232 g/mol. The Bertz CT molecular complexity index is 490. The summed E-state index contributed by atoms with van der Waals surface area (Å²) in [4.78, 5) is 21.7. The number of nitrogens with one attached hydrogen (secondary N) is 1. The second-order valence-corrected chi connectivity index (χ2v) is 3.16. The summed E-state index contributed by atoms with van der Waals surface area (Å²) in [6.45, 7) is 0. The van der Waals surface area contributed by atoms with E-state index >= 15 is 0 Å². The molecule has 15 heavy (non-hydrogen) atoms.